The molecule has 2 aliphatic carbocycles. The Bertz CT molecular complexity index is 235. The van der Waals surface area contributed by atoms with Crippen LogP contribution < -0.4 is 0 Å². The van der Waals surface area contributed by atoms with Crippen LogP contribution in [0.3, 0.4) is 0 Å². The van der Waals surface area contributed by atoms with Crippen molar-refractivity contribution in [2.75, 3.05) is 0 Å². The molecule has 3 unspecified atom stereocenters. The van der Waals surface area contributed by atoms with Gasteiger partial charge in [-0.25, -0.2) is 4.39 Å². The second-order valence-electron chi connectivity index (χ2n) is 6.57. The molecule has 2 heteroatoms. The summed E-state index contributed by atoms with van der Waals surface area (Å²) in [5, 5.41) is 9.49. The van der Waals surface area contributed by atoms with Gasteiger partial charge in [-0.15, -0.1) is 0 Å². The molecule has 0 amide bonds. The molecule has 0 aromatic heterocycles. The number of alkyl halides is 1. The molecule has 106 valence electrons. The van der Waals surface area contributed by atoms with Crippen molar-refractivity contribution >= 4 is 0 Å². The fourth-order valence-electron chi connectivity index (χ4n) is 4.05. The number of aliphatic hydroxyl groups excluding tert-OH is 1. The predicted molar refractivity (Wildman–Crippen MR) is 73.2 cm³/mol. The quantitative estimate of drug-likeness (QED) is 0.786. The summed E-state index contributed by atoms with van der Waals surface area (Å²) in [5.41, 5.74) is 0. The Kier molecular flexibility index (Phi) is 5.47. The van der Waals surface area contributed by atoms with Gasteiger partial charge in [0.15, 0.2) is 0 Å². The van der Waals surface area contributed by atoms with Crippen molar-refractivity contribution in [3.63, 3.8) is 0 Å². The Morgan fingerprint density at radius 3 is 2.39 bits per heavy atom. The van der Waals surface area contributed by atoms with Crippen molar-refractivity contribution in [1.82, 2.24) is 0 Å². The van der Waals surface area contributed by atoms with Crippen LogP contribution in [0.5, 0.6) is 0 Å². The van der Waals surface area contributed by atoms with E-state index >= 15 is 0 Å². The van der Waals surface area contributed by atoms with E-state index in [9.17, 15) is 9.50 Å². The zero-order chi connectivity index (χ0) is 13.0. The van der Waals surface area contributed by atoms with Gasteiger partial charge in [0.05, 0.1) is 6.10 Å². The largest absolute Gasteiger partial charge is 0.393 e. The molecule has 0 aromatic carbocycles. The molecule has 1 N–H and O–H groups in total. The lowest BCUT2D eigenvalue weighted by Crippen LogP contribution is -2.35. The van der Waals surface area contributed by atoms with E-state index in [0.717, 1.165) is 18.8 Å². The van der Waals surface area contributed by atoms with Crippen LogP contribution in [-0.2, 0) is 0 Å². The molecular formula is C16H29FO. The summed E-state index contributed by atoms with van der Waals surface area (Å²) in [7, 11) is 0. The van der Waals surface area contributed by atoms with E-state index in [1.54, 1.807) is 0 Å². The van der Waals surface area contributed by atoms with Crippen molar-refractivity contribution in [2.24, 2.45) is 17.8 Å². The molecular weight excluding hydrogens is 227 g/mol. The van der Waals surface area contributed by atoms with Gasteiger partial charge in [0.25, 0.3) is 0 Å². The summed E-state index contributed by atoms with van der Waals surface area (Å²) in [6, 6.07) is 0. The monoisotopic (exact) mass is 256 g/mol. The molecule has 0 radical (unpaired) electrons. The highest BCUT2D eigenvalue weighted by molar-refractivity contribution is 4.86. The Morgan fingerprint density at radius 2 is 1.78 bits per heavy atom. The van der Waals surface area contributed by atoms with Gasteiger partial charge in [0, 0.05) is 6.42 Å². The summed E-state index contributed by atoms with van der Waals surface area (Å²) in [6.45, 7) is 2.26. The molecule has 0 heterocycles. The second kappa shape index (κ2) is 6.88. The fourth-order valence-corrected chi connectivity index (χ4v) is 4.05. The molecule has 1 nitrogen and oxygen atoms in total. The van der Waals surface area contributed by atoms with Gasteiger partial charge >= 0.3 is 0 Å². The minimum Gasteiger partial charge on any atom is -0.393 e. The van der Waals surface area contributed by atoms with Crippen molar-refractivity contribution in [2.45, 2.75) is 83.4 Å². The zero-order valence-corrected chi connectivity index (χ0v) is 11.8. The van der Waals surface area contributed by atoms with Crippen LogP contribution in [0.25, 0.3) is 0 Å². The Hall–Kier alpha value is -0.110. The van der Waals surface area contributed by atoms with Crippen LogP contribution in [-0.4, -0.2) is 17.4 Å². The molecule has 0 spiro atoms. The number of unbranched alkanes of at least 4 members (excludes halogenated alkanes) is 1. The molecule has 2 saturated carbocycles. The molecule has 2 fully saturated rings. The molecule has 18 heavy (non-hydrogen) atoms. The average Bonchev–Trinajstić information content (AvgIpc) is 2.37. The van der Waals surface area contributed by atoms with Crippen LogP contribution in [0.1, 0.15) is 71.1 Å². The summed E-state index contributed by atoms with van der Waals surface area (Å²) >= 11 is 0. The van der Waals surface area contributed by atoms with Crippen molar-refractivity contribution in [3.05, 3.63) is 0 Å². The highest BCUT2D eigenvalue weighted by Crippen LogP contribution is 2.42. The van der Waals surface area contributed by atoms with Gasteiger partial charge in [-0.2, -0.15) is 0 Å². The highest BCUT2D eigenvalue weighted by Gasteiger charge is 2.36. The molecule has 0 aromatic rings. The number of halogens is 1. The summed E-state index contributed by atoms with van der Waals surface area (Å²) < 4.78 is 14.0. The molecule has 0 aliphatic heterocycles. The van der Waals surface area contributed by atoms with E-state index in [0.29, 0.717) is 12.3 Å². The Balaban J connectivity index is 1.75. The first-order chi connectivity index (χ1) is 8.70. The standard InChI is InChI=1S/C16H29FO/c1-2-3-4-12-5-7-13(8-6-12)15-10-9-14(18)11-16(15)17/h12-16,18H,2-11H2,1H3. The predicted octanol–water partition coefficient (Wildman–Crippen LogP) is 4.48. The minimum atomic E-state index is -0.744. The lowest BCUT2D eigenvalue weighted by atomic mass is 9.69. The molecule has 2 rings (SSSR count). The van der Waals surface area contributed by atoms with Crippen LogP contribution in [0.15, 0.2) is 0 Å². The van der Waals surface area contributed by atoms with E-state index < -0.39 is 6.17 Å². The first kappa shape index (κ1) is 14.3. The maximum absolute atomic E-state index is 14.0. The average molecular weight is 256 g/mol. The Labute approximate surface area is 111 Å². The summed E-state index contributed by atoms with van der Waals surface area (Å²) in [6.07, 6.45) is 10.1. The first-order valence-corrected chi connectivity index (χ1v) is 8.02. The molecule has 0 saturated heterocycles. The zero-order valence-electron chi connectivity index (χ0n) is 11.8. The van der Waals surface area contributed by atoms with Gasteiger partial charge in [-0.05, 0) is 43.4 Å². The third-order valence-electron chi connectivity index (χ3n) is 5.26. The van der Waals surface area contributed by atoms with E-state index in [2.05, 4.69) is 6.92 Å². The normalized spacial score (nSPS) is 41.8. The number of rotatable bonds is 4. The van der Waals surface area contributed by atoms with Crippen LogP contribution >= 0.6 is 0 Å². The third kappa shape index (κ3) is 3.69. The minimum absolute atomic E-state index is 0.250. The van der Waals surface area contributed by atoms with Crippen LogP contribution in [0.4, 0.5) is 4.39 Å². The van der Waals surface area contributed by atoms with E-state index in [4.69, 9.17) is 0 Å². The van der Waals surface area contributed by atoms with Gasteiger partial charge in [0.2, 0.25) is 0 Å². The third-order valence-corrected chi connectivity index (χ3v) is 5.26. The topological polar surface area (TPSA) is 20.2 Å². The maximum atomic E-state index is 14.0. The fraction of sp³-hybridized carbons (Fsp3) is 1.00. The smallest absolute Gasteiger partial charge is 0.106 e. The second-order valence-corrected chi connectivity index (χ2v) is 6.57. The van der Waals surface area contributed by atoms with Gasteiger partial charge in [-0.3, -0.25) is 0 Å². The van der Waals surface area contributed by atoms with Gasteiger partial charge in [-0.1, -0.05) is 39.0 Å². The van der Waals surface area contributed by atoms with Gasteiger partial charge in [0.1, 0.15) is 6.17 Å². The molecule has 0 bridgehead atoms. The highest BCUT2D eigenvalue weighted by atomic mass is 19.1. The molecule has 3 atom stereocenters. The Morgan fingerprint density at radius 1 is 1.06 bits per heavy atom. The SMILES string of the molecule is CCCCC1CCC(C2CCC(O)CC2F)CC1. The number of aliphatic hydroxyl groups is 1. The van der Waals surface area contributed by atoms with E-state index in [1.807, 2.05) is 0 Å². The first-order valence-electron chi connectivity index (χ1n) is 8.02. The summed E-state index contributed by atoms with van der Waals surface area (Å²) in [4.78, 5) is 0. The van der Waals surface area contributed by atoms with Crippen molar-refractivity contribution in [3.8, 4) is 0 Å². The lowest BCUT2D eigenvalue weighted by molar-refractivity contribution is 0.0139. The van der Waals surface area contributed by atoms with E-state index in [-0.39, 0.29) is 12.0 Å². The van der Waals surface area contributed by atoms with E-state index in [1.165, 1.54) is 44.9 Å². The number of hydrogen-bond acceptors (Lipinski definition) is 1. The van der Waals surface area contributed by atoms with Gasteiger partial charge < -0.3 is 5.11 Å². The lowest BCUT2D eigenvalue weighted by Gasteiger charge is -2.38. The number of hydrogen-bond donors (Lipinski definition) is 1. The molecule has 2 aliphatic rings. The maximum Gasteiger partial charge on any atom is 0.106 e. The van der Waals surface area contributed by atoms with Crippen LogP contribution in [0, 0.1) is 17.8 Å². The van der Waals surface area contributed by atoms with Crippen molar-refractivity contribution in [1.29, 1.82) is 0 Å². The van der Waals surface area contributed by atoms with Crippen LogP contribution in [0.2, 0.25) is 0 Å². The van der Waals surface area contributed by atoms with Crippen molar-refractivity contribution < 1.29 is 9.50 Å². The summed E-state index contributed by atoms with van der Waals surface area (Å²) in [5.74, 6) is 1.76.